The highest BCUT2D eigenvalue weighted by Crippen LogP contribution is 2.71. The van der Waals surface area contributed by atoms with Crippen LogP contribution >= 0.6 is 0 Å². The van der Waals surface area contributed by atoms with E-state index >= 15 is 0 Å². The molecule has 16 heteroatoms. The van der Waals surface area contributed by atoms with E-state index in [2.05, 4.69) is 20.8 Å². The minimum Gasteiger partial charge on any atom is -0.394 e. The first kappa shape index (κ1) is 42.5. The SMILES string of the molecule is C[C@H](CC[C@@]1(O)O[C@H]2C[C@H]3[C@@H]4CC[C@@H]5C[C@H](O)[C@@H](O)[C@@H](O[C@@H]6O[C@H](CO)[C@@H](O)[C@H](O)[C@H]6O)[C@]5(C)[C@H]4CC[C@]3(C)[C@H]2[C@@H]1C)CO[C@@H]1O[C@H](CO)[C@@H](O)[C@H](O)[C@H]1O. The summed E-state index contributed by atoms with van der Waals surface area (Å²) in [6, 6.07) is 0. The van der Waals surface area contributed by atoms with Crippen molar-refractivity contribution in [3.05, 3.63) is 0 Å². The van der Waals surface area contributed by atoms with Crippen molar-refractivity contribution in [2.24, 2.45) is 52.3 Å². The van der Waals surface area contributed by atoms with Crippen LogP contribution in [0.15, 0.2) is 0 Å². The molecule has 7 rings (SSSR count). The van der Waals surface area contributed by atoms with Crippen LogP contribution in [-0.2, 0) is 23.7 Å². The highest BCUT2D eigenvalue weighted by molar-refractivity contribution is 5.17. The predicted octanol–water partition coefficient (Wildman–Crippen LogP) is -1.66. The zero-order valence-corrected chi connectivity index (χ0v) is 32.4. The van der Waals surface area contributed by atoms with Crippen molar-refractivity contribution in [2.75, 3.05) is 19.8 Å². The number of fused-ring (bicyclic) bond motifs is 7. The quantitative estimate of drug-likeness (QED) is 0.118. The molecule has 16 nitrogen and oxygen atoms in total. The molecule has 4 aliphatic carbocycles. The molecule has 318 valence electrons. The molecule has 0 aromatic carbocycles. The van der Waals surface area contributed by atoms with Gasteiger partial charge < -0.3 is 79.9 Å². The number of hydrogen-bond donors (Lipinski definition) is 11. The van der Waals surface area contributed by atoms with Crippen LogP contribution in [0.1, 0.15) is 79.1 Å². The standard InChI is InChI=1S/C39H66O16/c1-16(15-51-35-32(48)30(46)28(44)24(13-40)52-35)7-10-39(50)17(2)26-23(55-39)12-21-19-6-5-18-11-22(42)27(43)34(38(18,4)20(19)8-9-37(21,26)3)54-36-33(49)31(47)29(45)25(14-41)53-36/h16-36,40-50H,5-15H2,1-4H3/t16-,17+,18-,19-,20+,21+,22+,23+,24-,25-,26+,27-,28-,29-,30+,31+,32-,33-,34-,35-,36+,37+,38+,39-/m1/s1. The Labute approximate surface area is 322 Å². The van der Waals surface area contributed by atoms with Crippen LogP contribution in [-0.4, -0.2) is 168 Å². The monoisotopic (exact) mass is 790 g/mol. The molecule has 0 aromatic rings. The highest BCUT2D eigenvalue weighted by Gasteiger charge is 2.70. The number of aliphatic hydroxyl groups excluding tert-OH is 10. The van der Waals surface area contributed by atoms with Gasteiger partial charge in [0, 0.05) is 17.8 Å². The van der Waals surface area contributed by atoms with Crippen molar-refractivity contribution in [2.45, 2.75) is 171 Å². The third kappa shape index (κ3) is 6.95. The van der Waals surface area contributed by atoms with E-state index < -0.39 is 104 Å². The molecule has 0 unspecified atom stereocenters. The summed E-state index contributed by atoms with van der Waals surface area (Å²) < 4.78 is 30.0. The molecule has 3 saturated heterocycles. The van der Waals surface area contributed by atoms with E-state index in [1.165, 1.54) is 0 Å². The topological polar surface area (TPSA) is 269 Å². The fourth-order valence-electron chi connectivity index (χ4n) is 12.8. The fraction of sp³-hybridized carbons (Fsp3) is 1.00. The van der Waals surface area contributed by atoms with Gasteiger partial charge in [0.15, 0.2) is 18.4 Å². The van der Waals surface area contributed by atoms with Gasteiger partial charge in [0.05, 0.1) is 38.1 Å². The average Bonchev–Trinajstić information content (AvgIpc) is 3.59. The normalized spacial score (nSPS) is 57.0. The van der Waals surface area contributed by atoms with E-state index in [9.17, 15) is 56.2 Å². The van der Waals surface area contributed by atoms with E-state index in [1.807, 2.05) is 6.92 Å². The number of rotatable bonds is 10. The van der Waals surface area contributed by atoms with E-state index in [1.54, 1.807) is 0 Å². The lowest BCUT2D eigenvalue weighted by Gasteiger charge is -2.64. The lowest BCUT2D eigenvalue weighted by Crippen LogP contribution is -2.67. The van der Waals surface area contributed by atoms with Gasteiger partial charge in [-0.2, -0.15) is 0 Å². The predicted molar refractivity (Wildman–Crippen MR) is 189 cm³/mol. The molecule has 55 heavy (non-hydrogen) atoms. The second-order valence-electron chi connectivity index (χ2n) is 18.8. The first-order valence-electron chi connectivity index (χ1n) is 20.6. The van der Waals surface area contributed by atoms with E-state index in [-0.39, 0.29) is 59.6 Å². The van der Waals surface area contributed by atoms with Gasteiger partial charge in [-0.3, -0.25) is 0 Å². The molecular weight excluding hydrogens is 724 g/mol. The van der Waals surface area contributed by atoms with Crippen molar-refractivity contribution in [3.63, 3.8) is 0 Å². The van der Waals surface area contributed by atoms with Crippen LogP contribution in [0.3, 0.4) is 0 Å². The van der Waals surface area contributed by atoms with Gasteiger partial charge in [-0.15, -0.1) is 0 Å². The Morgan fingerprint density at radius 3 is 2.00 bits per heavy atom. The smallest absolute Gasteiger partial charge is 0.187 e. The molecule has 0 radical (unpaired) electrons. The molecule has 0 amide bonds. The van der Waals surface area contributed by atoms with Crippen LogP contribution < -0.4 is 0 Å². The maximum atomic E-state index is 12.0. The van der Waals surface area contributed by atoms with Gasteiger partial charge in [0.25, 0.3) is 0 Å². The lowest BCUT2D eigenvalue weighted by molar-refractivity contribution is -0.346. The van der Waals surface area contributed by atoms with Gasteiger partial charge >= 0.3 is 0 Å². The Bertz CT molecular complexity index is 1320. The Balaban J connectivity index is 1.02. The second-order valence-corrected chi connectivity index (χ2v) is 18.8. The number of aliphatic hydroxyl groups is 11. The third-order valence-electron chi connectivity index (χ3n) is 16.0. The summed E-state index contributed by atoms with van der Waals surface area (Å²) in [5.41, 5.74) is -0.752. The lowest BCUT2D eigenvalue weighted by atomic mass is 9.43. The van der Waals surface area contributed by atoms with Crippen molar-refractivity contribution < 1.29 is 79.9 Å². The molecule has 4 saturated carbocycles. The summed E-state index contributed by atoms with van der Waals surface area (Å²) in [6.45, 7) is 7.45. The maximum absolute atomic E-state index is 12.0. The Morgan fingerprint density at radius 1 is 0.745 bits per heavy atom. The first-order chi connectivity index (χ1) is 25.9. The number of ether oxygens (including phenoxy) is 5. The zero-order chi connectivity index (χ0) is 39.9. The van der Waals surface area contributed by atoms with E-state index in [0.717, 1.165) is 32.1 Å². The van der Waals surface area contributed by atoms with Crippen LogP contribution in [0.5, 0.6) is 0 Å². The van der Waals surface area contributed by atoms with Crippen molar-refractivity contribution in [3.8, 4) is 0 Å². The molecular formula is C39H66O16. The van der Waals surface area contributed by atoms with E-state index in [0.29, 0.717) is 19.3 Å². The largest absolute Gasteiger partial charge is 0.394 e. The average molecular weight is 791 g/mol. The van der Waals surface area contributed by atoms with Crippen molar-refractivity contribution >= 4 is 0 Å². The Hall–Kier alpha value is -0.640. The summed E-state index contributed by atoms with van der Waals surface area (Å²) in [4.78, 5) is 0. The van der Waals surface area contributed by atoms with Crippen molar-refractivity contribution in [1.82, 2.24) is 0 Å². The van der Waals surface area contributed by atoms with Crippen LogP contribution in [0.25, 0.3) is 0 Å². The first-order valence-corrected chi connectivity index (χ1v) is 20.6. The van der Waals surface area contributed by atoms with Gasteiger partial charge in [0.1, 0.15) is 54.9 Å². The molecule has 11 N–H and O–H groups in total. The Morgan fingerprint density at radius 2 is 1.36 bits per heavy atom. The highest BCUT2D eigenvalue weighted by atomic mass is 16.7. The molecule has 0 bridgehead atoms. The van der Waals surface area contributed by atoms with Crippen LogP contribution in [0.4, 0.5) is 0 Å². The summed E-state index contributed by atoms with van der Waals surface area (Å²) in [5.74, 6) is -0.859. The van der Waals surface area contributed by atoms with Crippen LogP contribution in [0.2, 0.25) is 0 Å². The summed E-state index contributed by atoms with van der Waals surface area (Å²) in [6.07, 6.45) is -12.1. The summed E-state index contributed by atoms with van der Waals surface area (Å²) in [5, 5.41) is 116. The van der Waals surface area contributed by atoms with E-state index in [4.69, 9.17) is 23.7 Å². The molecule has 3 heterocycles. The van der Waals surface area contributed by atoms with Gasteiger partial charge in [-0.25, -0.2) is 0 Å². The van der Waals surface area contributed by atoms with Crippen LogP contribution in [0, 0.1) is 52.3 Å². The zero-order valence-electron chi connectivity index (χ0n) is 32.4. The van der Waals surface area contributed by atoms with Gasteiger partial charge in [0.2, 0.25) is 0 Å². The van der Waals surface area contributed by atoms with Crippen molar-refractivity contribution in [1.29, 1.82) is 0 Å². The molecule has 7 aliphatic rings. The Kier molecular flexibility index (Phi) is 12.2. The number of hydrogen-bond acceptors (Lipinski definition) is 16. The minimum atomic E-state index is -1.63. The summed E-state index contributed by atoms with van der Waals surface area (Å²) >= 11 is 0. The molecule has 0 spiro atoms. The molecule has 3 aliphatic heterocycles. The summed E-state index contributed by atoms with van der Waals surface area (Å²) in [7, 11) is 0. The molecule has 7 fully saturated rings. The van der Waals surface area contributed by atoms with Gasteiger partial charge in [-0.05, 0) is 85.9 Å². The molecule has 24 atom stereocenters. The molecule has 0 aromatic heterocycles. The van der Waals surface area contributed by atoms with Gasteiger partial charge in [-0.1, -0.05) is 27.7 Å². The second kappa shape index (κ2) is 15.8. The third-order valence-corrected chi connectivity index (χ3v) is 16.0. The fourth-order valence-corrected chi connectivity index (χ4v) is 12.8. The maximum Gasteiger partial charge on any atom is 0.187 e. The minimum absolute atomic E-state index is 0.0132.